The van der Waals surface area contributed by atoms with Gasteiger partial charge in [-0.05, 0) is 73.9 Å². The van der Waals surface area contributed by atoms with Crippen LogP contribution in [0.2, 0.25) is 5.02 Å². The molecule has 234 valence electrons. The minimum absolute atomic E-state index is 0.0404. The van der Waals surface area contributed by atoms with Gasteiger partial charge in [0.05, 0.1) is 31.4 Å². The van der Waals surface area contributed by atoms with E-state index in [4.69, 9.17) is 25.8 Å². The minimum atomic E-state index is -4.50. The van der Waals surface area contributed by atoms with Gasteiger partial charge in [-0.15, -0.1) is 0 Å². The van der Waals surface area contributed by atoms with Crippen molar-refractivity contribution in [2.24, 2.45) is 0 Å². The summed E-state index contributed by atoms with van der Waals surface area (Å²) in [5, 5.41) is 0.358. The number of cyclic esters (lactones) is 1. The zero-order valence-corrected chi connectivity index (χ0v) is 26.0. The van der Waals surface area contributed by atoms with E-state index in [-0.39, 0.29) is 6.54 Å². The summed E-state index contributed by atoms with van der Waals surface area (Å²) in [5.41, 5.74) is 4.94. The first-order chi connectivity index (χ1) is 21.3. The maximum absolute atomic E-state index is 13.5. The molecule has 1 unspecified atom stereocenters. The van der Waals surface area contributed by atoms with Crippen molar-refractivity contribution in [2.45, 2.75) is 45.6 Å². The molecule has 0 aliphatic carbocycles. The lowest BCUT2D eigenvalue weighted by Gasteiger charge is -2.24. The van der Waals surface area contributed by atoms with E-state index >= 15 is 0 Å². The number of halogens is 4. The van der Waals surface area contributed by atoms with Crippen molar-refractivity contribution in [2.75, 3.05) is 14.2 Å². The van der Waals surface area contributed by atoms with E-state index in [1.54, 1.807) is 38.3 Å². The molecule has 0 aromatic heterocycles. The highest BCUT2D eigenvalue weighted by Gasteiger charge is 2.41. The number of benzene rings is 4. The zero-order chi connectivity index (χ0) is 32.6. The number of carbonyl (C=O) groups is 2. The lowest BCUT2D eigenvalue weighted by molar-refractivity contribution is -0.137. The number of rotatable bonds is 7. The molecule has 0 radical (unpaired) electrons. The molecule has 1 aliphatic rings. The van der Waals surface area contributed by atoms with E-state index < -0.39 is 35.9 Å². The van der Waals surface area contributed by atoms with Crippen molar-refractivity contribution in [3.05, 3.63) is 111 Å². The van der Waals surface area contributed by atoms with Crippen LogP contribution in [0.25, 0.3) is 22.3 Å². The third-order valence-corrected chi connectivity index (χ3v) is 8.23. The molecule has 1 saturated heterocycles. The highest BCUT2D eigenvalue weighted by atomic mass is 35.5. The van der Waals surface area contributed by atoms with Crippen LogP contribution in [0.1, 0.15) is 51.2 Å². The van der Waals surface area contributed by atoms with Crippen molar-refractivity contribution < 1.29 is 37.0 Å². The van der Waals surface area contributed by atoms with Gasteiger partial charge in [0.1, 0.15) is 11.9 Å². The molecule has 0 saturated carbocycles. The van der Waals surface area contributed by atoms with Crippen molar-refractivity contribution in [1.82, 2.24) is 4.90 Å². The first-order valence-electron chi connectivity index (χ1n) is 14.1. The van der Waals surface area contributed by atoms with Crippen LogP contribution in [0.15, 0.2) is 72.8 Å². The molecule has 0 bridgehead atoms. The first-order valence-corrected chi connectivity index (χ1v) is 14.5. The summed E-state index contributed by atoms with van der Waals surface area (Å²) in [6.45, 7) is 5.29. The molecule has 0 spiro atoms. The predicted molar refractivity (Wildman–Crippen MR) is 165 cm³/mol. The summed E-state index contributed by atoms with van der Waals surface area (Å²) in [5.74, 6) is 0.0695. The fraction of sp³-hybridized carbons (Fsp3) is 0.257. The van der Waals surface area contributed by atoms with Gasteiger partial charge in [0.25, 0.3) is 0 Å². The van der Waals surface area contributed by atoms with E-state index in [1.807, 2.05) is 50.2 Å². The molecule has 4 aromatic rings. The van der Waals surface area contributed by atoms with E-state index in [2.05, 4.69) is 0 Å². The van der Waals surface area contributed by atoms with Crippen LogP contribution in [0, 0.1) is 13.8 Å². The lowest BCUT2D eigenvalue weighted by atomic mass is 9.89. The van der Waals surface area contributed by atoms with Crippen LogP contribution in [0.5, 0.6) is 5.75 Å². The van der Waals surface area contributed by atoms with Crippen molar-refractivity contribution in [3.8, 4) is 28.0 Å². The van der Waals surface area contributed by atoms with Gasteiger partial charge in [0.15, 0.2) is 0 Å². The van der Waals surface area contributed by atoms with E-state index in [1.165, 1.54) is 12.0 Å². The summed E-state index contributed by atoms with van der Waals surface area (Å²) < 4.78 is 56.9. The van der Waals surface area contributed by atoms with Gasteiger partial charge in [-0.2, -0.15) is 13.2 Å². The molecule has 1 amide bonds. The minimum Gasteiger partial charge on any atom is -0.496 e. The Labute approximate surface area is 264 Å². The highest BCUT2D eigenvalue weighted by molar-refractivity contribution is 6.33. The number of nitrogens with zero attached hydrogens (tertiary/aromatic N) is 1. The number of carbonyl (C=O) groups excluding carboxylic acids is 2. The van der Waals surface area contributed by atoms with E-state index in [9.17, 15) is 22.8 Å². The number of amides is 1. The van der Waals surface area contributed by atoms with Crippen LogP contribution in [-0.2, 0) is 22.2 Å². The topological polar surface area (TPSA) is 65.1 Å². The third-order valence-electron chi connectivity index (χ3n) is 7.91. The molecule has 6 nitrogen and oxygen atoms in total. The largest absolute Gasteiger partial charge is 0.496 e. The van der Waals surface area contributed by atoms with Gasteiger partial charge in [-0.1, -0.05) is 59.1 Å². The second kappa shape index (κ2) is 12.5. The van der Waals surface area contributed by atoms with Gasteiger partial charge in [-0.25, -0.2) is 9.59 Å². The van der Waals surface area contributed by atoms with Gasteiger partial charge >= 0.3 is 18.2 Å². The smallest absolute Gasteiger partial charge is 0.416 e. The van der Waals surface area contributed by atoms with Gasteiger partial charge in [-0.3, -0.25) is 4.90 Å². The third kappa shape index (κ3) is 6.49. The summed E-state index contributed by atoms with van der Waals surface area (Å²) in [6.07, 6.45) is -5.83. The molecule has 1 heterocycles. The number of hydrogen-bond donors (Lipinski definition) is 0. The zero-order valence-electron chi connectivity index (χ0n) is 25.3. The van der Waals surface area contributed by atoms with Gasteiger partial charge in [0.2, 0.25) is 0 Å². The van der Waals surface area contributed by atoms with E-state index in [0.717, 1.165) is 34.4 Å². The van der Waals surface area contributed by atoms with Crippen LogP contribution >= 0.6 is 11.6 Å². The monoisotopic (exact) mass is 637 g/mol. The van der Waals surface area contributed by atoms with Crippen LogP contribution in [-0.4, -0.2) is 37.2 Å². The van der Waals surface area contributed by atoms with Crippen molar-refractivity contribution in [3.63, 3.8) is 0 Å². The molecule has 1 aliphatic heterocycles. The Morgan fingerprint density at radius 2 is 1.64 bits per heavy atom. The number of esters is 1. The standard InChI is InChI=1S/C35H31ClF3NO5/c1-19-6-9-27(28-16-23(8-11-31(28)43-4)26-10-7-24(17-30(26)36)33(41)44-5)29(14-19)32-21(3)40(34(42)45-32)18-22-12-20(2)13-25(15-22)35(37,38)39/h6-17,21,32H,18H2,1-5H3/t21-,32?/m1/s1. The number of hydrogen-bond acceptors (Lipinski definition) is 5. The number of alkyl halides is 3. The molecule has 2 atom stereocenters. The number of aryl methyl sites for hydroxylation is 2. The summed E-state index contributed by atoms with van der Waals surface area (Å²) >= 11 is 6.59. The first kappa shape index (κ1) is 31.9. The molecule has 45 heavy (non-hydrogen) atoms. The quantitative estimate of drug-likeness (QED) is 0.189. The summed E-state index contributed by atoms with van der Waals surface area (Å²) in [6, 6.07) is 19.6. The molecular weight excluding hydrogens is 607 g/mol. The molecule has 0 N–H and O–H groups in total. The summed E-state index contributed by atoms with van der Waals surface area (Å²) in [7, 11) is 2.86. The Balaban J connectivity index is 1.53. The Hall–Kier alpha value is -4.50. The van der Waals surface area contributed by atoms with Crippen molar-refractivity contribution in [1.29, 1.82) is 0 Å². The number of methoxy groups -OCH3 is 2. The Morgan fingerprint density at radius 3 is 2.31 bits per heavy atom. The summed E-state index contributed by atoms with van der Waals surface area (Å²) in [4.78, 5) is 26.6. The second-order valence-electron chi connectivity index (χ2n) is 11.1. The molecule has 1 fully saturated rings. The lowest BCUT2D eigenvalue weighted by Crippen LogP contribution is -2.31. The molecule has 5 rings (SSSR count). The number of ether oxygens (including phenoxy) is 3. The van der Waals surface area contributed by atoms with Gasteiger partial charge in [0, 0.05) is 28.3 Å². The average Bonchev–Trinajstić information content (AvgIpc) is 3.27. The maximum atomic E-state index is 13.5. The van der Waals surface area contributed by atoms with Crippen LogP contribution < -0.4 is 4.74 Å². The second-order valence-corrected chi connectivity index (χ2v) is 11.5. The average molecular weight is 638 g/mol. The maximum Gasteiger partial charge on any atom is 0.416 e. The van der Waals surface area contributed by atoms with E-state index in [0.29, 0.717) is 38.6 Å². The molecule has 4 aromatic carbocycles. The molecule has 10 heteroatoms. The predicted octanol–water partition coefficient (Wildman–Crippen LogP) is 9.19. The fourth-order valence-corrected chi connectivity index (χ4v) is 5.98. The van der Waals surface area contributed by atoms with Crippen LogP contribution in [0.4, 0.5) is 18.0 Å². The Bertz CT molecular complexity index is 1790. The Morgan fingerprint density at radius 1 is 0.911 bits per heavy atom. The SMILES string of the molecule is COC(=O)c1ccc(-c2ccc(OC)c(-c3ccc(C)cc3C3OC(=O)N(Cc4cc(C)cc(C(F)(F)F)c4)[C@@H]3C)c2)c(Cl)c1. The highest BCUT2D eigenvalue weighted by Crippen LogP contribution is 2.44. The Kier molecular flexibility index (Phi) is 8.85. The van der Waals surface area contributed by atoms with Crippen LogP contribution in [0.3, 0.4) is 0 Å². The fourth-order valence-electron chi connectivity index (χ4n) is 5.69. The normalized spacial score (nSPS) is 16.5. The molecular formula is C35H31ClF3NO5. The van der Waals surface area contributed by atoms with Gasteiger partial charge < -0.3 is 14.2 Å². The van der Waals surface area contributed by atoms with Crippen molar-refractivity contribution >= 4 is 23.7 Å².